The first-order valence-corrected chi connectivity index (χ1v) is 11.7. The third kappa shape index (κ3) is 5.75. The number of carbonyl (C=O) groups excluding carboxylic acids is 1. The fourth-order valence-corrected chi connectivity index (χ4v) is 4.42. The molecule has 0 saturated carbocycles. The van der Waals surface area contributed by atoms with Gasteiger partial charge in [0, 0.05) is 48.8 Å². The maximum absolute atomic E-state index is 13.7. The van der Waals surface area contributed by atoms with Crippen molar-refractivity contribution in [1.82, 2.24) is 9.88 Å². The van der Waals surface area contributed by atoms with E-state index in [-0.39, 0.29) is 12.0 Å². The molecule has 2 heterocycles. The highest BCUT2D eigenvalue weighted by Crippen LogP contribution is 2.28. The number of nitrogens with zero attached hydrogens (tertiary/aromatic N) is 2. The SMILES string of the molecule is COc1ccccc1CN(CC1CCCO1)C(=O)c1cc(C)c(OCc2cccnc2)c(C)c1. The smallest absolute Gasteiger partial charge is 0.254 e. The Morgan fingerprint density at radius 2 is 1.94 bits per heavy atom. The minimum atomic E-state index is -0.0218. The molecule has 6 nitrogen and oxygen atoms in total. The van der Waals surface area contributed by atoms with Gasteiger partial charge < -0.3 is 19.1 Å². The van der Waals surface area contributed by atoms with Gasteiger partial charge in [0.2, 0.25) is 0 Å². The molecule has 1 aliphatic rings. The van der Waals surface area contributed by atoms with E-state index in [0.29, 0.717) is 25.3 Å². The summed E-state index contributed by atoms with van der Waals surface area (Å²) in [6.07, 6.45) is 5.59. The van der Waals surface area contributed by atoms with Gasteiger partial charge in [-0.2, -0.15) is 0 Å². The number of ether oxygens (including phenoxy) is 3. The fraction of sp³-hybridized carbons (Fsp3) is 0.357. The van der Waals surface area contributed by atoms with E-state index in [4.69, 9.17) is 14.2 Å². The summed E-state index contributed by atoms with van der Waals surface area (Å²) >= 11 is 0. The van der Waals surface area contributed by atoms with Gasteiger partial charge in [0.1, 0.15) is 18.1 Å². The summed E-state index contributed by atoms with van der Waals surface area (Å²) < 4.78 is 17.5. The molecule has 0 spiro atoms. The number of aryl methyl sites for hydroxylation is 2. The Balaban J connectivity index is 1.56. The van der Waals surface area contributed by atoms with E-state index >= 15 is 0 Å². The zero-order valence-corrected chi connectivity index (χ0v) is 20.1. The van der Waals surface area contributed by atoms with Gasteiger partial charge in [-0.3, -0.25) is 9.78 Å². The van der Waals surface area contributed by atoms with Gasteiger partial charge in [-0.1, -0.05) is 24.3 Å². The van der Waals surface area contributed by atoms with Crippen molar-refractivity contribution < 1.29 is 19.0 Å². The first-order valence-electron chi connectivity index (χ1n) is 11.7. The summed E-state index contributed by atoms with van der Waals surface area (Å²) in [6, 6.07) is 15.5. The molecule has 1 saturated heterocycles. The van der Waals surface area contributed by atoms with Gasteiger partial charge in [0.15, 0.2) is 0 Å². The third-order valence-electron chi connectivity index (χ3n) is 6.10. The van der Waals surface area contributed by atoms with Crippen molar-refractivity contribution in [2.45, 2.75) is 45.9 Å². The van der Waals surface area contributed by atoms with Crippen LogP contribution < -0.4 is 9.47 Å². The minimum Gasteiger partial charge on any atom is -0.496 e. The van der Waals surface area contributed by atoms with Crippen LogP contribution in [0.25, 0.3) is 0 Å². The van der Waals surface area contributed by atoms with Crippen molar-refractivity contribution in [3.05, 3.63) is 88.7 Å². The van der Waals surface area contributed by atoms with Crippen molar-refractivity contribution in [1.29, 1.82) is 0 Å². The Morgan fingerprint density at radius 3 is 2.62 bits per heavy atom. The number of aromatic nitrogens is 1. The Labute approximate surface area is 201 Å². The average molecular weight is 461 g/mol. The second-order valence-electron chi connectivity index (χ2n) is 8.72. The monoisotopic (exact) mass is 460 g/mol. The van der Waals surface area contributed by atoms with Crippen molar-refractivity contribution in [3.8, 4) is 11.5 Å². The Kier molecular flexibility index (Phi) is 7.80. The normalized spacial score (nSPS) is 15.2. The van der Waals surface area contributed by atoms with Crippen LogP contribution in [0.3, 0.4) is 0 Å². The Hall–Kier alpha value is -3.38. The maximum atomic E-state index is 13.7. The first kappa shape index (κ1) is 23.8. The van der Waals surface area contributed by atoms with Gasteiger partial charge in [-0.25, -0.2) is 0 Å². The van der Waals surface area contributed by atoms with E-state index in [1.54, 1.807) is 19.5 Å². The largest absolute Gasteiger partial charge is 0.496 e. The second kappa shape index (κ2) is 11.2. The number of hydrogen-bond acceptors (Lipinski definition) is 5. The molecule has 0 bridgehead atoms. The molecule has 34 heavy (non-hydrogen) atoms. The van der Waals surface area contributed by atoms with Crippen LogP contribution in [0.2, 0.25) is 0 Å². The molecule has 0 N–H and O–H groups in total. The number of rotatable bonds is 9. The van der Waals surface area contributed by atoms with E-state index in [1.807, 2.05) is 67.3 Å². The highest BCUT2D eigenvalue weighted by molar-refractivity contribution is 5.95. The zero-order chi connectivity index (χ0) is 23.9. The standard InChI is InChI=1S/C28H32N2O4/c1-20-14-24(15-21(2)27(20)34-19-22-8-6-12-29-16-22)28(31)30(18-25-10-7-13-33-25)17-23-9-4-5-11-26(23)32-3/h4-6,8-9,11-12,14-16,25H,7,10,13,17-19H2,1-3H3. The fourth-order valence-electron chi connectivity index (χ4n) is 4.42. The number of carbonyl (C=O) groups is 1. The molecule has 2 aromatic carbocycles. The number of benzene rings is 2. The van der Waals surface area contributed by atoms with Crippen LogP contribution in [0.5, 0.6) is 11.5 Å². The predicted molar refractivity (Wildman–Crippen MR) is 131 cm³/mol. The van der Waals surface area contributed by atoms with E-state index < -0.39 is 0 Å². The number of hydrogen-bond donors (Lipinski definition) is 0. The molecule has 1 unspecified atom stereocenters. The zero-order valence-electron chi connectivity index (χ0n) is 20.1. The van der Waals surface area contributed by atoms with E-state index in [9.17, 15) is 4.79 Å². The summed E-state index contributed by atoms with van der Waals surface area (Å²) in [5.41, 5.74) is 4.49. The predicted octanol–water partition coefficient (Wildman–Crippen LogP) is 5.11. The first-order chi connectivity index (χ1) is 16.5. The lowest BCUT2D eigenvalue weighted by Gasteiger charge is -2.27. The topological polar surface area (TPSA) is 60.9 Å². The third-order valence-corrected chi connectivity index (χ3v) is 6.10. The molecule has 1 aromatic heterocycles. The average Bonchev–Trinajstić information content (AvgIpc) is 3.37. The molecule has 1 fully saturated rings. The summed E-state index contributed by atoms with van der Waals surface area (Å²) in [4.78, 5) is 19.7. The lowest BCUT2D eigenvalue weighted by molar-refractivity contribution is 0.0505. The van der Waals surface area contributed by atoms with Gasteiger partial charge in [-0.15, -0.1) is 0 Å². The number of para-hydroxylation sites is 1. The number of amides is 1. The highest BCUT2D eigenvalue weighted by atomic mass is 16.5. The van der Waals surface area contributed by atoms with Gasteiger partial charge in [0.05, 0.1) is 13.2 Å². The van der Waals surface area contributed by atoms with Crippen LogP contribution in [-0.2, 0) is 17.9 Å². The van der Waals surface area contributed by atoms with Gasteiger partial charge >= 0.3 is 0 Å². The van der Waals surface area contributed by atoms with Crippen LogP contribution in [0.1, 0.15) is 45.5 Å². The lowest BCUT2D eigenvalue weighted by Crippen LogP contribution is -2.37. The molecule has 1 amide bonds. The highest BCUT2D eigenvalue weighted by Gasteiger charge is 2.25. The second-order valence-corrected chi connectivity index (χ2v) is 8.72. The summed E-state index contributed by atoms with van der Waals surface area (Å²) in [7, 11) is 1.65. The Bertz CT molecular complexity index is 1090. The van der Waals surface area contributed by atoms with Crippen LogP contribution in [-0.4, -0.2) is 42.2 Å². The molecule has 1 aliphatic heterocycles. The van der Waals surface area contributed by atoms with Gasteiger partial charge in [-0.05, 0) is 62.1 Å². The molecule has 0 radical (unpaired) electrons. The van der Waals surface area contributed by atoms with Crippen molar-refractivity contribution in [2.24, 2.45) is 0 Å². The van der Waals surface area contributed by atoms with Crippen molar-refractivity contribution >= 4 is 5.91 Å². The number of pyridine rings is 1. The van der Waals surface area contributed by atoms with Crippen LogP contribution >= 0.6 is 0 Å². The Morgan fingerprint density at radius 1 is 1.15 bits per heavy atom. The van der Waals surface area contributed by atoms with Crippen LogP contribution in [0.4, 0.5) is 0 Å². The molecule has 4 rings (SSSR count). The molecule has 0 aliphatic carbocycles. The van der Waals surface area contributed by atoms with Crippen molar-refractivity contribution in [2.75, 3.05) is 20.3 Å². The molecular weight excluding hydrogens is 428 g/mol. The minimum absolute atomic E-state index is 0.0218. The van der Waals surface area contributed by atoms with E-state index in [1.165, 1.54) is 0 Å². The molecular formula is C28H32N2O4. The molecule has 3 aromatic rings. The number of methoxy groups -OCH3 is 1. The summed E-state index contributed by atoms with van der Waals surface area (Å²) in [5, 5.41) is 0. The molecule has 1 atom stereocenters. The quantitative estimate of drug-likeness (QED) is 0.444. The van der Waals surface area contributed by atoms with Crippen molar-refractivity contribution in [3.63, 3.8) is 0 Å². The summed E-state index contributed by atoms with van der Waals surface area (Å²) in [6.45, 7) is 6.15. The molecule has 178 valence electrons. The lowest BCUT2D eigenvalue weighted by atomic mass is 10.0. The van der Waals surface area contributed by atoms with Gasteiger partial charge in [0.25, 0.3) is 5.91 Å². The van der Waals surface area contributed by atoms with E-state index in [2.05, 4.69) is 4.98 Å². The van der Waals surface area contributed by atoms with E-state index in [0.717, 1.165) is 53.2 Å². The molecule has 6 heteroatoms. The maximum Gasteiger partial charge on any atom is 0.254 e. The van der Waals surface area contributed by atoms with Crippen LogP contribution in [0.15, 0.2) is 60.9 Å². The van der Waals surface area contributed by atoms with Crippen LogP contribution in [0, 0.1) is 13.8 Å². The summed E-state index contributed by atoms with van der Waals surface area (Å²) in [5.74, 6) is 1.56.